The van der Waals surface area contributed by atoms with Gasteiger partial charge in [-0.15, -0.1) is 0 Å². The number of aromatic nitrogens is 5. The van der Waals surface area contributed by atoms with Crippen LogP contribution in [0.5, 0.6) is 0 Å². The maximum Gasteiger partial charge on any atom is 0.213 e. The second-order valence-corrected chi connectivity index (χ2v) is 3.02. The molecule has 0 saturated carbocycles. The van der Waals surface area contributed by atoms with Gasteiger partial charge in [-0.3, -0.25) is 14.9 Å². The highest BCUT2D eigenvalue weighted by Crippen LogP contribution is 1.93. The van der Waals surface area contributed by atoms with Crippen LogP contribution in [0.2, 0.25) is 0 Å². The smallest absolute Gasteiger partial charge is 0.213 e. The van der Waals surface area contributed by atoms with Crippen molar-refractivity contribution < 1.29 is 0 Å². The quantitative estimate of drug-likeness (QED) is 0.715. The first kappa shape index (κ1) is 8.18. The lowest BCUT2D eigenvalue weighted by Crippen LogP contribution is -2.02. The Bertz CT molecular complexity index is 412. The molecule has 0 radical (unpaired) electrons. The van der Waals surface area contributed by atoms with Crippen LogP contribution in [0.4, 0.5) is 0 Å². The first-order valence-electron chi connectivity index (χ1n) is 3.95. The van der Waals surface area contributed by atoms with E-state index < -0.39 is 0 Å². The normalized spacial score (nSPS) is 10.5. The van der Waals surface area contributed by atoms with Gasteiger partial charge in [0.1, 0.15) is 5.82 Å². The molecule has 2 aromatic heterocycles. The maximum atomic E-state index is 4.83. The van der Waals surface area contributed by atoms with Crippen LogP contribution >= 0.6 is 12.2 Å². The van der Waals surface area contributed by atoms with Gasteiger partial charge in [-0.25, -0.2) is 4.98 Å². The highest BCUT2D eigenvalue weighted by molar-refractivity contribution is 7.71. The van der Waals surface area contributed by atoms with Crippen LogP contribution in [0, 0.1) is 4.77 Å². The summed E-state index contributed by atoms with van der Waals surface area (Å²) in [7, 11) is 0. The van der Waals surface area contributed by atoms with Crippen molar-refractivity contribution >= 4 is 12.2 Å². The van der Waals surface area contributed by atoms with Crippen LogP contribution < -0.4 is 0 Å². The van der Waals surface area contributed by atoms with Gasteiger partial charge in [0.05, 0.1) is 0 Å². The van der Waals surface area contributed by atoms with Gasteiger partial charge in [0, 0.05) is 25.4 Å². The van der Waals surface area contributed by atoms with Gasteiger partial charge in [0.25, 0.3) is 0 Å². The number of hydrogen-bond donors (Lipinski definition) is 2. The number of hydrogen-bond acceptors (Lipinski definition) is 3. The molecule has 0 aromatic carbocycles. The number of aryl methyl sites for hydroxylation is 2. The van der Waals surface area contributed by atoms with E-state index in [1.807, 2.05) is 16.9 Å². The average molecular weight is 195 g/mol. The lowest BCUT2D eigenvalue weighted by Gasteiger charge is -1.96. The summed E-state index contributed by atoms with van der Waals surface area (Å²) in [6.45, 7) is 0.809. The molecule has 13 heavy (non-hydrogen) atoms. The number of nitrogens with zero attached hydrogens (tertiary/aromatic N) is 3. The highest BCUT2D eigenvalue weighted by Gasteiger charge is 1.96. The predicted molar refractivity (Wildman–Crippen MR) is 49.7 cm³/mol. The fourth-order valence-corrected chi connectivity index (χ4v) is 1.24. The molecule has 0 aliphatic heterocycles. The molecule has 0 amide bonds. The van der Waals surface area contributed by atoms with Gasteiger partial charge in [0.15, 0.2) is 0 Å². The number of H-pyrrole nitrogens is 2. The summed E-state index contributed by atoms with van der Waals surface area (Å²) in [4.78, 5) is 4.07. The van der Waals surface area contributed by atoms with Crippen LogP contribution in [0.15, 0.2) is 18.5 Å². The second kappa shape index (κ2) is 3.53. The van der Waals surface area contributed by atoms with E-state index in [0.717, 1.165) is 18.8 Å². The summed E-state index contributed by atoms with van der Waals surface area (Å²) < 4.78 is 2.35. The molecule has 0 bridgehead atoms. The minimum Gasteiger partial charge on any atom is -0.286 e. The Hall–Kier alpha value is -1.43. The lowest BCUT2D eigenvalue weighted by atomic mass is 10.4. The molecule has 2 N–H and O–H groups in total. The molecule has 0 saturated heterocycles. The minimum atomic E-state index is 0.496. The molecule has 0 atom stereocenters. The molecule has 0 fully saturated rings. The van der Waals surface area contributed by atoms with Crippen LogP contribution in [-0.2, 0) is 13.0 Å². The summed E-state index contributed by atoms with van der Waals surface area (Å²) in [5.41, 5.74) is 0. The molecule has 2 aromatic rings. The highest BCUT2D eigenvalue weighted by atomic mass is 32.1. The predicted octanol–water partition coefficient (Wildman–Crippen LogP) is 0.906. The van der Waals surface area contributed by atoms with E-state index in [0.29, 0.717) is 4.77 Å². The zero-order chi connectivity index (χ0) is 9.10. The van der Waals surface area contributed by atoms with Crippen molar-refractivity contribution in [3.63, 3.8) is 0 Å². The third-order valence-electron chi connectivity index (χ3n) is 1.69. The summed E-state index contributed by atoms with van der Waals surface area (Å²) in [5.74, 6) is 0.862. The SMILES string of the molecule is S=c1nc(CCn2cccn2)[nH][nH]1. The average Bonchev–Trinajstić information content (AvgIpc) is 2.71. The van der Waals surface area contributed by atoms with E-state index in [4.69, 9.17) is 12.2 Å². The Kier molecular flexibility index (Phi) is 2.22. The first-order chi connectivity index (χ1) is 6.34. The molecule has 5 nitrogen and oxygen atoms in total. The third kappa shape index (κ3) is 2.03. The van der Waals surface area contributed by atoms with E-state index in [-0.39, 0.29) is 0 Å². The van der Waals surface area contributed by atoms with E-state index in [2.05, 4.69) is 20.3 Å². The van der Waals surface area contributed by atoms with Gasteiger partial charge in [0.2, 0.25) is 4.77 Å². The van der Waals surface area contributed by atoms with Crippen molar-refractivity contribution in [2.45, 2.75) is 13.0 Å². The van der Waals surface area contributed by atoms with Gasteiger partial charge in [-0.1, -0.05) is 0 Å². The molecule has 2 heterocycles. The van der Waals surface area contributed by atoms with Gasteiger partial charge in [-0.05, 0) is 18.3 Å². The topological polar surface area (TPSA) is 62.3 Å². The van der Waals surface area contributed by atoms with Gasteiger partial charge < -0.3 is 0 Å². The summed E-state index contributed by atoms with van der Waals surface area (Å²) >= 11 is 4.83. The van der Waals surface area contributed by atoms with Gasteiger partial charge in [-0.2, -0.15) is 5.10 Å². The fraction of sp³-hybridized carbons (Fsp3) is 0.286. The Labute approximate surface area is 79.8 Å². The van der Waals surface area contributed by atoms with Crippen LogP contribution in [0.25, 0.3) is 0 Å². The molecule has 0 spiro atoms. The molecule has 0 unspecified atom stereocenters. The lowest BCUT2D eigenvalue weighted by molar-refractivity contribution is 0.601. The fourth-order valence-electron chi connectivity index (χ4n) is 1.08. The van der Waals surface area contributed by atoms with E-state index in [1.54, 1.807) is 6.20 Å². The van der Waals surface area contributed by atoms with Crippen molar-refractivity contribution in [3.8, 4) is 0 Å². The second-order valence-electron chi connectivity index (χ2n) is 2.63. The van der Waals surface area contributed by atoms with E-state index >= 15 is 0 Å². The van der Waals surface area contributed by atoms with Crippen LogP contribution in [-0.4, -0.2) is 25.0 Å². The molecule has 0 aliphatic carbocycles. The number of nitrogens with one attached hydrogen (secondary N) is 2. The summed E-state index contributed by atoms with van der Waals surface area (Å²) in [5, 5.41) is 9.71. The minimum absolute atomic E-state index is 0.496. The van der Waals surface area contributed by atoms with Crippen molar-refractivity contribution in [2.24, 2.45) is 0 Å². The summed E-state index contributed by atoms with van der Waals surface area (Å²) in [6.07, 6.45) is 4.48. The molecular formula is C7H9N5S. The molecule has 2 rings (SSSR count). The van der Waals surface area contributed by atoms with Crippen molar-refractivity contribution in [1.82, 2.24) is 25.0 Å². The van der Waals surface area contributed by atoms with Crippen molar-refractivity contribution in [3.05, 3.63) is 29.1 Å². The van der Waals surface area contributed by atoms with Crippen molar-refractivity contribution in [2.75, 3.05) is 0 Å². The first-order valence-corrected chi connectivity index (χ1v) is 4.36. The Morgan fingerprint density at radius 1 is 1.46 bits per heavy atom. The molecule has 68 valence electrons. The van der Waals surface area contributed by atoms with Crippen molar-refractivity contribution in [1.29, 1.82) is 0 Å². The van der Waals surface area contributed by atoms with Crippen LogP contribution in [0.3, 0.4) is 0 Å². The van der Waals surface area contributed by atoms with E-state index in [9.17, 15) is 0 Å². The zero-order valence-electron chi connectivity index (χ0n) is 6.90. The van der Waals surface area contributed by atoms with Crippen LogP contribution in [0.1, 0.15) is 5.82 Å². The monoisotopic (exact) mass is 195 g/mol. The zero-order valence-corrected chi connectivity index (χ0v) is 7.71. The van der Waals surface area contributed by atoms with E-state index in [1.165, 1.54) is 0 Å². The molecule has 6 heteroatoms. The number of rotatable bonds is 3. The maximum absolute atomic E-state index is 4.83. The Morgan fingerprint density at radius 2 is 2.38 bits per heavy atom. The summed E-state index contributed by atoms with van der Waals surface area (Å²) in [6, 6.07) is 1.90. The molecule has 0 aliphatic rings. The molecular weight excluding hydrogens is 186 g/mol. The Balaban J connectivity index is 1.97. The standard InChI is InChI=1S/C7H9N5S/c13-7-9-6(10-11-7)2-5-12-4-1-3-8-12/h1,3-4H,2,5H2,(H2,9,10,11,13). The Morgan fingerprint density at radius 3 is 3.00 bits per heavy atom. The largest absolute Gasteiger partial charge is 0.286 e. The third-order valence-corrected chi connectivity index (χ3v) is 1.88. The van der Waals surface area contributed by atoms with Gasteiger partial charge >= 0.3 is 0 Å². The number of aromatic amines is 2.